The van der Waals surface area contributed by atoms with Gasteiger partial charge in [-0.2, -0.15) is 0 Å². The summed E-state index contributed by atoms with van der Waals surface area (Å²) in [6.07, 6.45) is 8.99. The van der Waals surface area contributed by atoms with Gasteiger partial charge in [-0.05, 0) is 18.1 Å². The molecule has 0 aliphatic heterocycles. The highest BCUT2D eigenvalue weighted by Crippen LogP contribution is 2.24. The van der Waals surface area contributed by atoms with Crippen molar-refractivity contribution >= 4 is 6.03 Å². The Kier molecular flexibility index (Phi) is 6.72. The lowest BCUT2D eigenvalue weighted by Gasteiger charge is -2.28. The van der Waals surface area contributed by atoms with E-state index in [0.29, 0.717) is 13.0 Å². The summed E-state index contributed by atoms with van der Waals surface area (Å²) in [5.74, 6) is 0.854. The van der Waals surface area contributed by atoms with Crippen LogP contribution < -0.4 is 5.32 Å². The lowest BCUT2D eigenvalue weighted by Crippen LogP contribution is -2.40. The molecule has 2 aromatic heterocycles. The van der Waals surface area contributed by atoms with Gasteiger partial charge in [0.15, 0.2) is 0 Å². The zero-order chi connectivity index (χ0) is 17.4. The molecule has 7 heteroatoms. The molecule has 2 heterocycles. The summed E-state index contributed by atoms with van der Waals surface area (Å²) in [7, 11) is 3.73. The molecule has 0 unspecified atom stereocenters. The van der Waals surface area contributed by atoms with E-state index in [1.165, 1.54) is 0 Å². The molecule has 0 saturated carbocycles. The molecule has 2 aromatic rings. The largest absolute Gasteiger partial charge is 0.338 e. The van der Waals surface area contributed by atoms with Crippen LogP contribution in [0.4, 0.5) is 4.79 Å². The number of unbranched alkanes of at least 4 members (excludes halogenated alkanes) is 1. The van der Waals surface area contributed by atoms with Crippen molar-refractivity contribution in [1.29, 1.82) is 0 Å². The number of pyridine rings is 1. The van der Waals surface area contributed by atoms with Crippen molar-refractivity contribution < 1.29 is 4.79 Å². The van der Waals surface area contributed by atoms with Crippen molar-refractivity contribution in [1.82, 2.24) is 30.0 Å². The van der Waals surface area contributed by atoms with Crippen LogP contribution in [-0.4, -0.2) is 44.3 Å². The van der Waals surface area contributed by atoms with E-state index in [9.17, 15) is 4.79 Å². The van der Waals surface area contributed by atoms with E-state index in [1.807, 2.05) is 37.0 Å². The summed E-state index contributed by atoms with van der Waals surface area (Å²) in [6, 6.07) is 3.89. The van der Waals surface area contributed by atoms with Crippen molar-refractivity contribution in [2.45, 2.75) is 38.6 Å². The van der Waals surface area contributed by atoms with Crippen LogP contribution in [0.5, 0.6) is 0 Å². The molecule has 130 valence electrons. The molecule has 1 atom stereocenters. The summed E-state index contributed by atoms with van der Waals surface area (Å²) < 4.78 is 1.86. The van der Waals surface area contributed by atoms with Gasteiger partial charge in [0.2, 0.25) is 0 Å². The molecule has 2 amide bonds. The van der Waals surface area contributed by atoms with E-state index >= 15 is 0 Å². The summed E-state index contributed by atoms with van der Waals surface area (Å²) in [4.78, 5) is 18.4. The minimum absolute atomic E-state index is 0.0356. The molecule has 0 aliphatic carbocycles. The predicted octanol–water partition coefficient (Wildman–Crippen LogP) is 2.33. The van der Waals surface area contributed by atoms with Gasteiger partial charge in [0, 0.05) is 39.5 Å². The average molecular weight is 330 g/mol. The first-order chi connectivity index (χ1) is 11.6. The minimum Gasteiger partial charge on any atom is -0.338 e. The third-order valence-electron chi connectivity index (χ3n) is 4.12. The number of urea groups is 1. The summed E-state index contributed by atoms with van der Waals surface area (Å²) in [5, 5.41) is 10.8. The summed E-state index contributed by atoms with van der Waals surface area (Å²) in [6.45, 7) is 2.69. The number of nitrogens with zero attached hydrogens (tertiary/aromatic N) is 5. The van der Waals surface area contributed by atoms with Crippen LogP contribution in [0.3, 0.4) is 0 Å². The van der Waals surface area contributed by atoms with Gasteiger partial charge in [-0.1, -0.05) is 25.8 Å². The smallest absolute Gasteiger partial charge is 0.317 e. The van der Waals surface area contributed by atoms with E-state index in [4.69, 9.17) is 0 Å². The van der Waals surface area contributed by atoms with Crippen LogP contribution >= 0.6 is 0 Å². The standard InChI is InChI=1S/C17H26N6O/c1-4-5-8-15(14-7-6-10-18-12-14)23(3)17(24)19-11-9-16-21-20-13-22(16)2/h6-7,10,12-13,15H,4-5,8-9,11H2,1-3H3,(H,19,24)/t15-/m1/s1. The Morgan fingerprint density at radius 1 is 1.46 bits per heavy atom. The minimum atomic E-state index is -0.0814. The normalized spacial score (nSPS) is 12.0. The maximum atomic E-state index is 12.5. The van der Waals surface area contributed by atoms with Crippen molar-refractivity contribution in [3.05, 3.63) is 42.2 Å². The fraction of sp³-hybridized carbons (Fsp3) is 0.529. The number of amides is 2. The highest BCUT2D eigenvalue weighted by molar-refractivity contribution is 5.74. The van der Waals surface area contributed by atoms with Gasteiger partial charge in [-0.15, -0.1) is 10.2 Å². The molecule has 0 bridgehead atoms. The highest BCUT2D eigenvalue weighted by Gasteiger charge is 2.21. The first kappa shape index (κ1) is 17.9. The number of hydrogen-bond donors (Lipinski definition) is 1. The second kappa shape index (κ2) is 9.00. The maximum absolute atomic E-state index is 12.5. The van der Waals surface area contributed by atoms with E-state index < -0.39 is 0 Å². The first-order valence-electron chi connectivity index (χ1n) is 8.37. The van der Waals surface area contributed by atoms with Crippen LogP contribution in [0.1, 0.15) is 43.6 Å². The first-order valence-corrected chi connectivity index (χ1v) is 8.37. The Hall–Kier alpha value is -2.44. The Bertz CT molecular complexity index is 627. The Morgan fingerprint density at radius 2 is 2.29 bits per heavy atom. The van der Waals surface area contributed by atoms with E-state index in [-0.39, 0.29) is 12.1 Å². The highest BCUT2D eigenvalue weighted by atomic mass is 16.2. The monoisotopic (exact) mass is 330 g/mol. The molecule has 0 saturated heterocycles. The molecule has 24 heavy (non-hydrogen) atoms. The van der Waals surface area contributed by atoms with Gasteiger partial charge in [-0.25, -0.2) is 4.79 Å². The molecule has 0 spiro atoms. The number of nitrogens with one attached hydrogen (secondary N) is 1. The van der Waals surface area contributed by atoms with Crippen molar-refractivity contribution in [2.24, 2.45) is 7.05 Å². The number of carbonyl (C=O) groups is 1. The van der Waals surface area contributed by atoms with Crippen LogP contribution in [-0.2, 0) is 13.5 Å². The van der Waals surface area contributed by atoms with Crippen molar-refractivity contribution in [3.63, 3.8) is 0 Å². The Labute approximate surface area is 143 Å². The molecule has 0 aliphatic rings. The van der Waals surface area contributed by atoms with E-state index in [1.54, 1.807) is 17.4 Å². The number of aromatic nitrogens is 4. The van der Waals surface area contributed by atoms with Gasteiger partial charge in [0.25, 0.3) is 0 Å². The number of carbonyl (C=O) groups excluding carboxylic acids is 1. The molecule has 1 N–H and O–H groups in total. The predicted molar refractivity (Wildman–Crippen MR) is 92.4 cm³/mol. The SMILES string of the molecule is CCCC[C@H](c1cccnc1)N(C)C(=O)NCCc1nncn1C. The zero-order valence-electron chi connectivity index (χ0n) is 14.6. The van der Waals surface area contributed by atoms with Gasteiger partial charge >= 0.3 is 6.03 Å². The van der Waals surface area contributed by atoms with Gasteiger partial charge in [0.05, 0.1) is 6.04 Å². The lowest BCUT2D eigenvalue weighted by atomic mass is 10.0. The molecule has 0 radical (unpaired) electrons. The molecule has 7 nitrogen and oxygen atoms in total. The van der Waals surface area contributed by atoms with Gasteiger partial charge in [0.1, 0.15) is 12.2 Å². The molecular formula is C17H26N6O. The lowest BCUT2D eigenvalue weighted by molar-refractivity contribution is 0.186. The van der Waals surface area contributed by atoms with Crippen LogP contribution in [0.15, 0.2) is 30.9 Å². The quantitative estimate of drug-likeness (QED) is 0.806. The topological polar surface area (TPSA) is 75.9 Å². The summed E-state index contributed by atoms with van der Waals surface area (Å²) in [5.41, 5.74) is 1.07. The second-order valence-electron chi connectivity index (χ2n) is 5.90. The Balaban J connectivity index is 1.93. The van der Waals surface area contributed by atoms with Crippen molar-refractivity contribution in [3.8, 4) is 0 Å². The Morgan fingerprint density at radius 3 is 2.92 bits per heavy atom. The summed E-state index contributed by atoms with van der Waals surface area (Å²) >= 11 is 0. The fourth-order valence-corrected chi connectivity index (χ4v) is 2.64. The number of rotatable bonds is 8. The van der Waals surface area contributed by atoms with Crippen LogP contribution in [0.25, 0.3) is 0 Å². The molecule has 2 rings (SSSR count). The van der Waals surface area contributed by atoms with Gasteiger partial charge < -0.3 is 14.8 Å². The van der Waals surface area contributed by atoms with Crippen LogP contribution in [0.2, 0.25) is 0 Å². The van der Waals surface area contributed by atoms with Gasteiger partial charge in [-0.3, -0.25) is 4.98 Å². The fourth-order valence-electron chi connectivity index (χ4n) is 2.64. The van der Waals surface area contributed by atoms with Crippen molar-refractivity contribution in [2.75, 3.05) is 13.6 Å². The second-order valence-corrected chi connectivity index (χ2v) is 5.90. The maximum Gasteiger partial charge on any atom is 0.317 e. The molecule has 0 aromatic carbocycles. The third kappa shape index (κ3) is 4.78. The average Bonchev–Trinajstić information content (AvgIpc) is 3.01. The molecule has 0 fully saturated rings. The van der Waals surface area contributed by atoms with E-state index in [2.05, 4.69) is 27.4 Å². The molecular weight excluding hydrogens is 304 g/mol. The van der Waals surface area contributed by atoms with Crippen LogP contribution in [0, 0.1) is 0 Å². The number of aryl methyl sites for hydroxylation is 1. The third-order valence-corrected chi connectivity index (χ3v) is 4.12. The van der Waals surface area contributed by atoms with E-state index in [0.717, 1.165) is 30.7 Å². The number of hydrogen-bond acceptors (Lipinski definition) is 4. The zero-order valence-corrected chi connectivity index (χ0v) is 14.6.